The van der Waals surface area contributed by atoms with Crippen LogP contribution in [0.1, 0.15) is 27.7 Å². The number of hydrogen-bond acceptors (Lipinski definition) is 3. The predicted molar refractivity (Wildman–Crippen MR) is 47.9 cm³/mol. The Balaban J connectivity index is 3.59. The van der Waals surface area contributed by atoms with Crippen LogP contribution >= 0.6 is 0 Å². The van der Waals surface area contributed by atoms with Crippen molar-refractivity contribution < 1.29 is 14.6 Å². The van der Waals surface area contributed by atoms with Crippen molar-refractivity contribution in [1.82, 2.24) is 0 Å². The summed E-state index contributed by atoms with van der Waals surface area (Å²) in [5.41, 5.74) is 0. The van der Waals surface area contributed by atoms with Gasteiger partial charge in [0.05, 0.1) is 6.10 Å². The van der Waals surface area contributed by atoms with Gasteiger partial charge in [0, 0.05) is 19.1 Å². The van der Waals surface area contributed by atoms with Crippen LogP contribution in [-0.4, -0.2) is 30.7 Å². The molecule has 3 unspecified atom stereocenters. The Hall–Kier alpha value is -0.120. The van der Waals surface area contributed by atoms with Crippen LogP contribution < -0.4 is 0 Å². The van der Waals surface area contributed by atoms with Crippen molar-refractivity contribution in [3.05, 3.63) is 0 Å². The normalized spacial score (nSPS) is 18.8. The smallest absolute Gasteiger partial charge is 0.155 e. The molecule has 1 N–H and O–H groups in total. The molecular formula is C9H20O3. The zero-order valence-corrected chi connectivity index (χ0v) is 8.41. The summed E-state index contributed by atoms with van der Waals surface area (Å²) in [5.74, 6) is 0.160. The Bertz CT molecular complexity index is 106. The Morgan fingerprint density at radius 1 is 1.25 bits per heavy atom. The first-order chi connectivity index (χ1) is 5.61. The van der Waals surface area contributed by atoms with Gasteiger partial charge in [0.1, 0.15) is 0 Å². The first-order valence-corrected chi connectivity index (χ1v) is 4.49. The maximum Gasteiger partial charge on any atom is 0.155 e. The van der Waals surface area contributed by atoms with E-state index in [0.717, 1.165) is 0 Å². The molecular weight excluding hydrogens is 156 g/mol. The van der Waals surface area contributed by atoms with Gasteiger partial charge in [0.2, 0.25) is 0 Å². The maximum absolute atomic E-state index is 8.83. The highest BCUT2D eigenvalue weighted by atomic mass is 16.7. The molecule has 0 saturated carbocycles. The number of hydrogen-bond donors (Lipinski definition) is 1. The Kier molecular flexibility index (Phi) is 6.34. The van der Waals surface area contributed by atoms with Gasteiger partial charge in [0.15, 0.2) is 6.29 Å². The monoisotopic (exact) mass is 176 g/mol. The summed E-state index contributed by atoms with van der Waals surface area (Å²) < 4.78 is 10.7. The average Bonchev–Trinajstić information content (AvgIpc) is 2.03. The van der Waals surface area contributed by atoms with E-state index < -0.39 is 0 Å². The topological polar surface area (TPSA) is 38.7 Å². The minimum atomic E-state index is -0.181. The van der Waals surface area contributed by atoms with Gasteiger partial charge < -0.3 is 14.6 Å². The van der Waals surface area contributed by atoms with Crippen LogP contribution in [0.2, 0.25) is 0 Å². The summed E-state index contributed by atoms with van der Waals surface area (Å²) in [7, 11) is 0. The van der Waals surface area contributed by atoms with Crippen LogP contribution in [0.5, 0.6) is 0 Å². The number of ether oxygens (including phenoxy) is 2. The SMILES string of the molecule is CCOC(C)OC(C)C(C)CO. The fraction of sp³-hybridized carbons (Fsp3) is 1.00. The minimum Gasteiger partial charge on any atom is -0.396 e. The number of aliphatic hydroxyl groups excluding tert-OH is 1. The molecule has 0 aromatic carbocycles. The largest absolute Gasteiger partial charge is 0.396 e. The summed E-state index contributed by atoms with van der Waals surface area (Å²) in [6.07, 6.45) is -0.143. The van der Waals surface area contributed by atoms with Crippen LogP contribution in [0.4, 0.5) is 0 Å². The quantitative estimate of drug-likeness (QED) is 0.622. The lowest BCUT2D eigenvalue weighted by molar-refractivity contribution is -0.166. The van der Waals surface area contributed by atoms with Gasteiger partial charge in [-0.25, -0.2) is 0 Å². The summed E-state index contributed by atoms with van der Waals surface area (Å²) in [4.78, 5) is 0. The van der Waals surface area contributed by atoms with E-state index in [1.807, 2.05) is 27.7 Å². The molecule has 0 aliphatic heterocycles. The molecule has 0 aromatic rings. The van der Waals surface area contributed by atoms with Gasteiger partial charge in [-0.2, -0.15) is 0 Å². The first kappa shape index (κ1) is 11.9. The molecule has 0 saturated heterocycles. The fourth-order valence-corrected chi connectivity index (χ4v) is 0.859. The molecule has 0 aliphatic rings. The molecule has 3 heteroatoms. The lowest BCUT2D eigenvalue weighted by Gasteiger charge is -2.22. The molecule has 0 rings (SSSR count). The van der Waals surface area contributed by atoms with Crippen LogP contribution in [0.25, 0.3) is 0 Å². The second kappa shape index (κ2) is 6.40. The zero-order valence-electron chi connectivity index (χ0n) is 8.41. The molecule has 0 heterocycles. The molecule has 3 atom stereocenters. The van der Waals surface area contributed by atoms with Crippen LogP contribution in [-0.2, 0) is 9.47 Å². The van der Waals surface area contributed by atoms with Crippen molar-refractivity contribution in [1.29, 1.82) is 0 Å². The van der Waals surface area contributed by atoms with Crippen molar-refractivity contribution in [3.63, 3.8) is 0 Å². The number of aliphatic hydroxyl groups is 1. The van der Waals surface area contributed by atoms with Gasteiger partial charge in [-0.1, -0.05) is 6.92 Å². The molecule has 74 valence electrons. The Morgan fingerprint density at radius 3 is 2.25 bits per heavy atom. The lowest BCUT2D eigenvalue weighted by Crippen LogP contribution is -2.27. The highest BCUT2D eigenvalue weighted by molar-refractivity contribution is 4.59. The molecule has 0 spiro atoms. The molecule has 3 nitrogen and oxygen atoms in total. The Labute approximate surface area is 74.7 Å². The van der Waals surface area contributed by atoms with E-state index in [4.69, 9.17) is 14.6 Å². The minimum absolute atomic E-state index is 0.0385. The maximum atomic E-state index is 8.83. The van der Waals surface area contributed by atoms with Gasteiger partial charge >= 0.3 is 0 Å². The molecule has 12 heavy (non-hydrogen) atoms. The predicted octanol–water partition coefficient (Wildman–Crippen LogP) is 1.40. The van der Waals surface area contributed by atoms with Crippen LogP contribution in [0, 0.1) is 5.92 Å². The zero-order chi connectivity index (χ0) is 9.56. The van der Waals surface area contributed by atoms with E-state index in [-0.39, 0.29) is 24.9 Å². The molecule has 0 radical (unpaired) electrons. The van der Waals surface area contributed by atoms with E-state index in [1.54, 1.807) is 0 Å². The van der Waals surface area contributed by atoms with Crippen LogP contribution in [0.3, 0.4) is 0 Å². The van der Waals surface area contributed by atoms with Crippen molar-refractivity contribution >= 4 is 0 Å². The summed E-state index contributed by atoms with van der Waals surface area (Å²) in [6.45, 7) is 8.49. The standard InChI is InChI=1S/C9H20O3/c1-5-11-9(4)12-8(3)7(2)6-10/h7-10H,5-6H2,1-4H3. The van der Waals surface area contributed by atoms with E-state index >= 15 is 0 Å². The van der Waals surface area contributed by atoms with Gasteiger partial charge in [-0.3, -0.25) is 0 Å². The van der Waals surface area contributed by atoms with Crippen molar-refractivity contribution in [2.45, 2.75) is 40.1 Å². The third-order valence-electron chi connectivity index (χ3n) is 1.90. The Morgan fingerprint density at radius 2 is 1.83 bits per heavy atom. The molecule has 0 aromatic heterocycles. The third kappa shape index (κ3) is 4.70. The van der Waals surface area contributed by atoms with E-state index in [2.05, 4.69) is 0 Å². The van der Waals surface area contributed by atoms with Gasteiger partial charge in [-0.15, -0.1) is 0 Å². The highest BCUT2D eigenvalue weighted by Gasteiger charge is 2.14. The summed E-state index contributed by atoms with van der Waals surface area (Å²) >= 11 is 0. The molecule has 0 fully saturated rings. The highest BCUT2D eigenvalue weighted by Crippen LogP contribution is 2.09. The van der Waals surface area contributed by atoms with E-state index in [1.165, 1.54) is 0 Å². The van der Waals surface area contributed by atoms with Gasteiger partial charge in [0.25, 0.3) is 0 Å². The molecule has 0 bridgehead atoms. The van der Waals surface area contributed by atoms with Crippen LogP contribution in [0.15, 0.2) is 0 Å². The van der Waals surface area contributed by atoms with Crippen molar-refractivity contribution in [2.24, 2.45) is 5.92 Å². The van der Waals surface area contributed by atoms with E-state index in [9.17, 15) is 0 Å². The lowest BCUT2D eigenvalue weighted by atomic mass is 10.1. The van der Waals surface area contributed by atoms with Crippen molar-refractivity contribution in [2.75, 3.05) is 13.2 Å². The first-order valence-electron chi connectivity index (χ1n) is 4.49. The molecule has 0 amide bonds. The molecule has 0 aliphatic carbocycles. The van der Waals surface area contributed by atoms with Gasteiger partial charge in [-0.05, 0) is 20.8 Å². The summed E-state index contributed by atoms with van der Waals surface area (Å²) in [5, 5.41) is 8.83. The average molecular weight is 176 g/mol. The summed E-state index contributed by atoms with van der Waals surface area (Å²) in [6, 6.07) is 0. The van der Waals surface area contributed by atoms with E-state index in [0.29, 0.717) is 6.61 Å². The third-order valence-corrected chi connectivity index (χ3v) is 1.90. The second-order valence-corrected chi connectivity index (χ2v) is 3.02. The van der Waals surface area contributed by atoms with Crippen molar-refractivity contribution in [3.8, 4) is 0 Å². The fourth-order valence-electron chi connectivity index (χ4n) is 0.859. The second-order valence-electron chi connectivity index (χ2n) is 3.02. The number of rotatable bonds is 6.